The SMILES string of the molecule is OCCN(O)C1CCNC1. The van der Waals surface area contributed by atoms with Crippen molar-refractivity contribution < 1.29 is 10.3 Å². The molecular weight excluding hydrogens is 132 g/mol. The zero-order chi connectivity index (χ0) is 7.40. The van der Waals surface area contributed by atoms with Gasteiger partial charge in [0.25, 0.3) is 0 Å². The summed E-state index contributed by atoms with van der Waals surface area (Å²) in [6.07, 6.45) is 0.969. The Hall–Kier alpha value is -0.160. The van der Waals surface area contributed by atoms with E-state index in [1.54, 1.807) is 0 Å². The van der Waals surface area contributed by atoms with Crippen LogP contribution in [-0.2, 0) is 0 Å². The number of hydrogen-bond acceptors (Lipinski definition) is 4. The second kappa shape index (κ2) is 3.88. The Kier molecular flexibility index (Phi) is 3.08. The second-order valence-corrected chi connectivity index (χ2v) is 2.53. The molecule has 1 aliphatic rings. The molecular formula is C6H14N2O2. The van der Waals surface area contributed by atoms with Gasteiger partial charge in [-0.05, 0) is 13.0 Å². The van der Waals surface area contributed by atoms with E-state index < -0.39 is 0 Å². The Balaban J connectivity index is 2.18. The van der Waals surface area contributed by atoms with Crippen LogP contribution in [0.2, 0.25) is 0 Å². The van der Waals surface area contributed by atoms with Crippen LogP contribution in [0.5, 0.6) is 0 Å². The van der Waals surface area contributed by atoms with E-state index in [0.717, 1.165) is 19.5 Å². The average molecular weight is 146 g/mol. The van der Waals surface area contributed by atoms with Crippen molar-refractivity contribution in [3.8, 4) is 0 Å². The fourth-order valence-electron chi connectivity index (χ4n) is 1.18. The maximum atomic E-state index is 9.18. The standard InChI is InChI=1S/C6H14N2O2/c9-4-3-8(10)6-1-2-7-5-6/h6-7,9-10H,1-5H2. The van der Waals surface area contributed by atoms with Crippen LogP contribution in [0.1, 0.15) is 6.42 Å². The molecule has 0 aromatic rings. The molecule has 60 valence electrons. The molecule has 0 bridgehead atoms. The zero-order valence-corrected chi connectivity index (χ0v) is 5.95. The van der Waals surface area contributed by atoms with Gasteiger partial charge in [0.1, 0.15) is 0 Å². The van der Waals surface area contributed by atoms with Gasteiger partial charge in [-0.3, -0.25) is 0 Å². The average Bonchev–Trinajstić information content (AvgIpc) is 2.38. The number of nitrogens with zero attached hydrogens (tertiary/aromatic N) is 1. The number of hydroxylamine groups is 2. The van der Waals surface area contributed by atoms with Crippen molar-refractivity contribution in [1.82, 2.24) is 10.4 Å². The van der Waals surface area contributed by atoms with Crippen molar-refractivity contribution in [1.29, 1.82) is 0 Å². The fraction of sp³-hybridized carbons (Fsp3) is 1.00. The van der Waals surface area contributed by atoms with Crippen molar-refractivity contribution >= 4 is 0 Å². The van der Waals surface area contributed by atoms with Gasteiger partial charge in [-0.25, -0.2) is 0 Å². The summed E-state index contributed by atoms with van der Waals surface area (Å²) in [5.74, 6) is 0. The van der Waals surface area contributed by atoms with Crippen molar-refractivity contribution in [2.75, 3.05) is 26.2 Å². The van der Waals surface area contributed by atoms with E-state index in [-0.39, 0.29) is 12.6 Å². The van der Waals surface area contributed by atoms with Crippen LogP contribution in [-0.4, -0.2) is 47.7 Å². The van der Waals surface area contributed by atoms with Crippen LogP contribution in [0, 0.1) is 0 Å². The van der Waals surface area contributed by atoms with Crippen LogP contribution in [0.4, 0.5) is 0 Å². The summed E-state index contributed by atoms with van der Waals surface area (Å²) in [4.78, 5) is 0. The Labute approximate surface area is 60.4 Å². The monoisotopic (exact) mass is 146 g/mol. The summed E-state index contributed by atoms with van der Waals surface area (Å²) in [5.41, 5.74) is 0. The molecule has 1 atom stereocenters. The molecule has 1 heterocycles. The van der Waals surface area contributed by atoms with E-state index in [9.17, 15) is 5.21 Å². The third kappa shape index (κ3) is 1.91. The highest BCUT2D eigenvalue weighted by molar-refractivity contribution is 4.75. The zero-order valence-electron chi connectivity index (χ0n) is 5.95. The minimum absolute atomic E-state index is 0.0208. The highest BCUT2D eigenvalue weighted by Gasteiger charge is 2.19. The first-order chi connectivity index (χ1) is 4.84. The lowest BCUT2D eigenvalue weighted by molar-refractivity contribution is -0.127. The van der Waals surface area contributed by atoms with Gasteiger partial charge in [-0.2, -0.15) is 5.06 Å². The van der Waals surface area contributed by atoms with Gasteiger partial charge < -0.3 is 15.6 Å². The molecule has 4 nitrogen and oxygen atoms in total. The molecule has 0 aliphatic carbocycles. The first-order valence-electron chi connectivity index (χ1n) is 3.61. The van der Waals surface area contributed by atoms with Gasteiger partial charge in [0.15, 0.2) is 0 Å². The van der Waals surface area contributed by atoms with E-state index >= 15 is 0 Å². The molecule has 0 saturated carbocycles. The number of aliphatic hydroxyl groups excluding tert-OH is 1. The number of rotatable bonds is 3. The van der Waals surface area contributed by atoms with Gasteiger partial charge in [0.2, 0.25) is 0 Å². The van der Waals surface area contributed by atoms with Crippen LogP contribution in [0.15, 0.2) is 0 Å². The molecule has 0 aromatic carbocycles. The lowest BCUT2D eigenvalue weighted by Gasteiger charge is -2.19. The van der Waals surface area contributed by atoms with Gasteiger partial charge in [0, 0.05) is 19.1 Å². The normalized spacial score (nSPS) is 26.1. The van der Waals surface area contributed by atoms with Crippen molar-refractivity contribution in [2.24, 2.45) is 0 Å². The topological polar surface area (TPSA) is 55.7 Å². The summed E-state index contributed by atoms with van der Waals surface area (Å²) in [6, 6.07) is 0.201. The summed E-state index contributed by atoms with van der Waals surface area (Å²) in [6.45, 7) is 2.17. The molecule has 1 saturated heterocycles. The van der Waals surface area contributed by atoms with E-state index in [4.69, 9.17) is 5.11 Å². The van der Waals surface area contributed by atoms with E-state index in [2.05, 4.69) is 5.32 Å². The molecule has 3 N–H and O–H groups in total. The minimum Gasteiger partial charge on any atom is -0.395 e. The molecule has 1 rings (SSSR count). The van der Waals surface area contributed by atoms with Crippen molar-refractivity contribution in [2.45, 2.75) is 12.5 Å². The van der Waals surface area contributed by atoms with Gasteiger partial charge in [-0.15, -0.1) is 0 Å². The second-order valence-electron chi connectivity index (χ2n) is 2.53. The predicted octanol–water partition coefficient (Wildman–Crippen LogP) is -0.968. The molecule has 10 heavy (non-hydrogen) atoms. The number of aliphatic hydroxyl groups is 1. The molecule has 0 aromatic heterocycles. The number of nitrogens with one attached hydrogen (secondary N) is 1. The molecule has 1 fully saturated rings. The molecule has 1 unspecified atom stereocenters. The third-order valence-electron chi connectivity index (χ3n) is 1.78. The van der Waals surface area contributed by atoms with Gasteiger partial charge in [0.05, 0.1) is 6.61 Å². The molecule has 4 heteroatoms. The highest BCUT2D eigenvalue weighted by atomic mass is 16.5. The maximum Gasteiger partial charge on any atom is 0.0581 e. The van der Waals surface area contributed by atoms with Gasteiger partial charge in [-0.1, -0.05) is 0 Å². The minimum atomic E-state index is 0.0208. The summed E-state index contributed by atoms with van der Waals surface area (Å²) in [5, 5.41) is 22.0. The van der Waals surface area contributed by atoms with E-state index in [1.807, 2.05) is 0 Å². The van der Waals surface area contributed by atoms with Crippen LogP contribution >= 0.6 is 0 Å². The Morgan fingerprint density at radius 1 is 1.60 bits per heavy atom. The van der Waals surface area contributed by atoms with Crippen LogP contribution in [0.25, 0.3) is 0 Å². The fourth-order valence-corrected chi connectivity index (χ4v) is 1.18. The van der Waals surface area contributed by atoms with Gasteiger partial charge >= 0.3 is 0 Å². The first-order valence-corrected chi connectivity index (χ1v) is 3.61. The Bertz CT molecular complexity index is 93.7. The Morgan fingerprint density at radius 3 is 2.90 bits per heavy atom. The molecule has 0 amide bonds. The summed E-state index contributed by atoms with van der Waals surface area (Å²) < 4.78 is 0. The van der Waals surface area contributed by atoms with Crippen LogP contribution in [0.3, 0.4) is 0 Å². The smallest absolute Gasteiger partial charge is 0.0581 e. The highest BCUT2D eigenvalue weighted by Crippen LogP contribution is 2.04. The van der Waals surface area contributed by atoms with E-state index in [0.29, 0.717) is 6.54 Å². The largest absolute Gasteiger partial charge is 0.395 e. The predicted molar refractivity (Wildman–Crippen MR) is 36.9 cm³/mol. The lowest BCUT2D eigenvalue weighted by atomic mass is 10.2. The van der Waals surface area contributed by atoms with E-state index in [1.165, 1.54) is 5.06 Å². The summed E-state index contributed by atoms with van der Waals surface area (Å²) >= 11 is 0. The molecule has 1 aliphatic heterocycles. The maximum absolute atomic E-state index is 9.18. The number of hydrogen-bond donors (Lipinski definition) is 3. The molecule has 0 radical (unpaired) electrons. The van der Waals surface area contributed by atoms with Crippen molar-refractivity contribution in [3.05, 3.63) is 0 Å². The first kappa shape index (κ1) is 7.94. The quantitative estimate of drug-likeness (QED) is 0.448. The summed E-state index contributed by atoms with van der Waals surface area (Å²) in [7, 11) is 0. The van der Waals surface area contributed by atoms with Crippen molar-refractivity contribution in [3.63, 3.8) is 0 Å². The third-order valence-corrected chi connectivity index (χ3v) is 1.78. The Morgan fingerprint density at radius 2 is 2.40 bits per heavy atom. The molecule has 0 spiro atoms. The lowest BCUT2D eigenvalue weighted by Crippen LogP contribution is -2.35. The van der Waals surface area contributed by atoms with Crippen LogP contribution < -0.4 is 5.32 Å².